The van der Waals surface area contributed by atoms with Crippen LogP contribution < -0.4 is 0 Å². The van der Waals surface area contributed by atoms with Gasteiger partial charge in [-0.3, -0.25) is 4.90 Å². The zero-order valence-electron chi connectivity index (χ0n) is 21.7. The SMILES string of the molecule is CC1(C)C=C(N(Cc2ccccc2)C(=O)OCc2ccccc2)C=C(O[Si](C)(C)C(C)(C)C)C1. The zero-order valence-corrected chi connectivity index (χ0v) is 22.7. The van der Waals surface area contributed by atoms with Gasteiger partial charge in [0, 0.05) is 12.1 Å². The molecule has 0 saturated carbocycles. The van der Waals surface area contributed by atoms with Crippen LogP contribution in [0.1, 0.15) is 52.2 Å². The second-order valence-electron chi connectivity index (χ2n) is 11.3. The largest absolute Gasteiger partial charge is 0.546 e. The number of carbonyl (C=O) groups is 1. The first-order valence-electron chi connectivity index (χ1n) is 12.0. The molecule has 2 aromatic rings. The zero-order chi connectivity index (χ0) is 25.0. The molecule has 1 aliphatic carbocycles. The summed E-state index contributed by atoms with van der Waals surface area (Å²) in [5.74, 6) is 0.947. The maximum Gasteiger partial charge on any atom is 0.414 e. The fourth-order valence-corrected chi connectivity index (χ4v) is 4.78. The van der Waals surface area contributed by atoms with Gasteiger partial charge in [0.25, 0.3) is 0 Å². The third kappa shape index (κ3) is 6.86. The molecule has 2 aromatic carbocycles. The molecule has 0 aromatic heterocycles. The van der Waals surface area contributed by atoms with Gasteiger partial charge >= 0.3 is 6.09 Å². The summed E-state index contributed by atoms with van der Waals surface area (Å²) in [4.78, 5) is 15.1. The number of carbonyl (C=O) groups excluding carboxylic acids is 1. The summed E-state index contributed by atoms with van der Waals surface area (Å²) in [5, 5.41) is 0.0949. The van der Waals surface area contributed by atoms with Crippen molar-refractivity contribution in [1.29, 1.82) is 0 Å². The minimum Gasteiger partial charge on any atom is -0.546 e. The summed E-state index contributed by atoms with van der Waals surface area (Å²) in [6.07, 6.45) is 4.65. The van der Waals surface area contributed by atoms with Crippen LogP contribution in [0, 0.1) is 5.41 Å². The third-order valence-electron chi connectivity index (χ3n) is 6.59. The topological polar surface area (TPSA) is 38.8 Å². The van der Waals surface area contributed by atoms with Crippen LogP contribution in [-0.2, 0) is 22.3 Å². The van der Waals surface area contributed by atoms with Crippen LogP contribution in [0.25, 0.3) is 0 Å². The molecule has 1 aliphatic rings. The second-order valence-corrected chi connectivity index (χ2v) is 16.0. The predicted molar refractivity (Wildman–Crippen MR) is 141 cm³/mol. The molecule has 0 unspecified atom stereocenters. The fourth-order valence-electron chi connectivity index (χ4n) is 3.68. The van der Waals surface area contributed by atoms with Crippen LogP contribution in [0.3, 0.4) is 0 Å². The number of hydrogen-bond donors (Lipinski definition) is 0. The smallest absolute Gasteiger partial charge is 0.414 e. The lowest BCUT2D eigenvalue weighted by molar-refractivity contribution is 0.105. The molecule has 0 N–H and O–H groups in total. The van der Waals surface area contributed by atoms with Gasteiger partial charge in [0.05, 0.1) is 12.3 Å². The van der Waals surface area contributed by atoms with Crippen molar-refractivity contribution in [2.45, 2.75) is 72.3 Å². The minimum atomic E-state index is -2.01. The summed E-state index contributed by atoms with van der Waals surface area (Å²) < 4.78 is 12.5. The maximum atomic E-state index is 13.4. The van der Waals surface area contributed by atoms with E-state index in [9.17, 15) is 4.79 Å². The molecular formula is C29H39NO3Si. The molecule has 0 radical (unpaired) electrons. The number of amides is 1. The van der Waals surface area contributed by atoms with Gasteiger partial charge in [-0.15, -0.1) is 0 Å². The van der Waals surface area contributed by atoms with Gasteiger partial charge < -0.3 is 9.16 Å². The number of hydrogen-bond acceptors (Lipinski definition) is 3. The standard InChI is InChI=1S/C29H39NO3Si/c1-28(2,3)34(6,7)33-26-18-25(19-29(4,5)20-26)30(21-23-14-10-8-11-15-23)27(31)32-22-24-16-12-9-13-17-24/h8-19H,20-22H2,1-7H3. The van der Waals surface area contributed by atoms with E-state index in [0.29, 0.717) is 6.54 Å². The Balaban J connectivity index is 1.91. The molecule has 0 spiro atoms. The molecule has 182 valence electrons. The monoisotopic (exact) mass is 477 g/mol. The lowest BCUT2D eigenvalue weighted by Crippen LogP contribution is -2.41. The first kappa shape index (κ1) is 25.8. The van der Waals surface area contributed by atoms with Crippen molar-refractivity contribution in [2.75, 3.05) is 0 Å². The van der Waals surface area contributed by atoms with E-state index in [0.717, 1.165) is 29.0 Å². The predicted octanol–water partition coefficient (Wildman–Crippen LogP) is 8.04. The molecule has 0 atom stereocenters. The highest BCUT2D eigenvalue weighted by Gasteiger charge is 2.40. The van der Waals surface area contributed by atoms with E-state index < -0.39 is 8.32 Å². The minimum absolute atomic E-state index is 0.0949. The lowest BCUT2D eigenvalue weighted by Gasteiger charge is -2.40. The van der Waals surface area contributed by atoms with Crippen LogP contribution in [0.15, 0.2) is 84.3 Å². The fraction of sp³-hybridized carbons (Fsp3) is 0.414. The quantitative estimate of drug-likeness (QED) is 0.379. The van der Waals surface area contributed by atoms with E-state index >= 15 is 0 Å². The van der Waals surface area contributed by atoms with Gasteiger partial charge in [0.15, 0.2) is 0 Å². The van der Waals surface area contributed by atoms with Crippen molar-refractivity contribution in [3.8, 4) is 0 Å². The number of benzene rings is 2. The van der Waals surface area contributed by atoms with Crippen LogP contribution >= 0.6 is 0 Å². The molecule has 0 bridgehead atoms. The van der Waals surface area contributed by atoms with E-state index in [1.165, 1.54) is 0 Å². The van der Waals surface area contributed by atoms with Gasteiger partial charge in [-0.1, -0.05) is 101 Å². The average molecular weight is 478 g/mol. The van der Waals surface area contributed by atoms with Crippen LogP contribution in [0.5, 0.6) is 0 Å². The van der Waals surface area contributed by atoms with Gasteiger partial charge in [-0.2, -0.15) is 0 Å². The molecule has 5 heteroatoms. The molecule has 4 nitrogen and oxygen atoms in total. The van der Waals surface area contributed by atoms with Crippen molar-refractivity contribution < 1.29 is 14.0 Å². The summed E-state index contributed by atoms with van der Waals surface area (Å²) in [6, 6.07) is 19.8. The molecule has 0 heterocycles. The van der Waals surface area contributed by atoms with Crippen molar-refractivity contribution in [1.82, 2.24) is 4.90 Å². The Morgan fingerprint density at radius 2 is 1.53 bits per heavy atom. The molecule has 1 amide bonds. The Labute approximate surface area is 206 Å². The van der Waals surface area contributed by atoms with E-state index in [1.54, 1.807) is 4.90 Å². The first-order valence-corrected chi connectivity index (χ1v) is 14.9. The number of nitrogens with zero attached hydrogens (tertiary/aromatic N) is 1. The summed E-state index contributed by atoms with van der Waals surface area (Å²) in [5.41, 5.74) is 2.69. The Morgan fingerprint density at radius 1 is 0.971 bits per heavy atom. The van der Waals surface area contributed by atoms with Crippen LogP contribution in [0.4, 0.5) is 4.79 Å². The first-order chi connectivity index (χ1) is 15.9. The van der Waals surface area contributed by atoms with E-state index in [-0.39, 0.29) is 23.2 Å². The van der Waals surface area contributed by atoms with Crippen molar-refractivity contribution in [2.24, 2.45) is 5.41 Å². The highest BCUT2D eigenvalue weighted by Crippen LogP contribution is 2.42. The van der Waals surface area contributed by atoms with Gasteiger partial charge in [-0.25, -0.2) is 4.79 Å². The van der Waals surface area contributed by atoms with Crippen molar-refractivity contribution in [3.63, 3.8) is 0 Å². The average Bonchev–Trinajstić information content (AvgIpc) is 2.75. The van der Waals surface area contributed by atoms with E-state index in [4.69, 9.17) is 9.16 Å². The van der Waals surface area contributed by atoms with Gasteiger partial charge in [0.2, 0.25) is 8.32 Å². The Bertz CT molecular complexity index is 1030. The molecule has 0 aliphatic heterocycles. The third-order valence-corrected chi connectivity index (χ3v) is 11.0. The summed E-state index contributed by atoms with van der Waals surface area (Å²) in [7, 11) is -2.01. The highest BCUT2D eigenvalue weighted by atomic mass is 28.4. The Hall–Kier alpha value is -2.79. The van der Waals surface area contributed by atoms with Crippen LogP contribution in [-0.4, -0.2) is 19.3 Å². The normalized spacial score (nSPS) is 15.7. The van der Waals surface area contributed by atoms with Crippen LogP contribution in [0.2, 0.25) is 18.1 Å². The van der Waals surface area contributed by atoms with Crippen molar-refractivity contribution in [3.05, 3.63) is 95.4 Å². The number of ether oxygens (including phenoxy) is 1. The summed E-state index contributed by atoms with van der Waals surface area (Å²) >= 11 is 0. The molecule has 3 rings (SSSR count). The Morgan fingerprint density at radius 3 is 2.09 bits per heavy atom. The maximum absolute atomic E-state index is 13.4. The van der Waals surface area contributed by atoms with E-state index in [2.05, 4.69) is 53.8 Å². The molecule has 0 saturated heterocycles. The molecule has 34 heavy (non-hydrogen) atoms. The Kier molecular flexibility index (Phi) is 7.76. The molecular weight excluding hydrogens is 438 g/mol. The summed E-state index contributed by atoms with van der Waals surface area (Å²) in [6.45, 7) is 16.3. The van der Waals surface area contributed by atoms with Gasteiger partial charge in [0.1, 0.15) is 6.61 Å². The highest BCUT2D eigenvalue weighted by molar-refractivity contribution is 6.74. The van der Waals surface area contributed by atoms with Gasteiger partial charge in [-0.05, 0) is 40.8 Å². The molecule has 0 fully saturated rings. The number of allylic oxidation sites excluding steroid dienone is 3. The van der Waals surface area contributed by atoms with Crippen molar-refractivity contribution >= 4 is 14.4 Å². The second kappa shape index (κ2) is 10.2. The number of rotatable bonds is 7. The van der Waals surface area contributed by atoms with E-state index in [1.807, 2.05) is 66.7 Å². The lowest BCUT2D eigenvalue weighted by atomic mass is 9.84.